The maximum absolute atomic E-state index is 12.0. The highest BCUT2D eigenvalue weighted by Gasteiger charge is 2.18. The molecule has 7 heteroatoms. The molecular weight excluding hydrogens is 318 g/mol. The van der Waals surface area contributed by atoms with Gasteiger partial charge in [-0.15, -0.1) is 4.70 Å². The number of urea groups is 1. The first-order valence-corrected chi connectivity index (χ1v) is 8.73. The zero-order valence-corrected chi connectivity index (χ0v) is 15.3. The molecule has 1 fully saturated rings. The number of nitrogens with two attached hydrogens (primary N) is 1. The molecule has 3 N–H and O–H groups in total. The molecule has 0 aliphatic heterocycles. The van der Waals surface area contributed by atoms with Crippen molar-refractivity contribution in [2.45, 2.75) is 52.6 Å². The number of nitrogens with one attached hydrogen (secondary N) is 1. The number of benzene rings is 1. The molecule has 1 aromatic rings. The van der Waals surface area contributed by atoms with Gasteiger partial charge < -0.3 is 4.84 Å². The van der Waals surface area contributed by atoms with E-state index >= 15 is 0 Å². The number of amides is 2. The minimum Gasteiger partial charge on any atom is -0.391 e. The second-order valence-electron chi connectivity index (χ2n) is 6.51. The van der Waals surface area contributed by atoms with Crippen LogP contribution in [0.5, 0.6) is 0 Å². The van der Waals surface area contributed by atoms with E-state index in [1.165, 1.54) is 39.2 Å². The summed E-state index contributed by atoms with van der Waals surface area (Å²) in [6.45, 7) is 4.31. The molecule has 136 valence electrons. The first-order valence-electron chi connectivity index (χ1n) is 8.73. The lowest BCUT2D eigenvalue weighted by Gasteiger charge is -2.20. The molecule has 2 amide bonds. The van der Waals surface area contributed by atoms with E-state index in [1.807, 2.05) is 32.0 Å². The lowest BCUT2D eigenvalue weighted by atomic mass is 9.86. The van der Waals surface area contributed by atoms with E-state index in [-0.39, 0.29) is 0 Å². The van der Waals surface area contributed by atoms with Gasteiger partial charge in [-0.2, -0.15) is 0 Å². The smallest absolute Gasteiger partial charge is 0.391 e. The molecule has 0 unspecified atom stereocenters. The van der Waals surface area contributed by atoms with E-state index in [0.717, 1.165) is 21.5 Å². The van der Waals surface area contributed by atoms with Gasteiger partial charge in [0.15, 0.2) is 0 Å². The van der Waals surface area contributed by atoms with Gasteiger partial charge in [0.1, 0.15) is 12.3 Å². The minimum absolute atomic E-state index is 0.301. The van der Waals surface area contributed by atoms with Crippen molar-refractivity contribution in [1.29, 1.82) is 0 Å². The largest absolute Gasteiger partial charge is 0.459 e. The summed E-state index contributed by atoms with van der Waals surface area (Å²) in [4.78, 5) is 17.6. The van der Waals surface area contributed by atoms with Gasteiger partial charge in [0.05, 0.1) is 12.8 Å². The van der Waals surface area contributed by atoms with Crippen LogP contribution in [-0.2, 0) is 11.4 Å². The molecule has 0 aromatic heterocycles. The zero-order valence-electron chi connectivity index (χ0n) is 15.3. The number of rotatable bonds is 5. The highest BCUT2D eigenvalue weighted by atomic mass is 16.6. The fourth-order valence-electron chi connectivity index (χ4n) is 3.05. The highest BCUT2D eigenvalue weighted by molar-refractivity contribution is 5.84. The maximum Gasteiger partial charge on any atom is 0.459 e. The molecule has 7 nitrogen and oxygen atoms in total. The van der Waals surface area contributed by atoms with Crippen molar-refractivity contribution in [1.82, 2.24) is 0 Å². The third-order valence-electron chi connectivity index (χ3n) is 4.73. The Morgan fingerprint density at radius 2 is 2.08 bits per heavy atom. The number of oxime groups is 1. The molecule has 0 radical (unpaired) electrons. The van der Waals surface area contributed by atoms with Crippen LogP contribution in [0, 0.1) is 12.8 Å². The number of hydrogen-bond donors (Lipinski definition) is 2. The van der Waals surface area contributed by atoms with E-state index < -0.39 is 6.03 Å². The Labute approximate surface area is 148 Å². The number of anilines is 1. The van der Waals surface area contributed by atoms with Gasteiger partial charge in [-0.25, -0.2) is 16.0 Å². The van der Waals surface area contributed by atoms with Crippen molar-refractivity contribution < 1.29 is 14.3 Å². The molecule has 0 heterocycles. The van der Waals surface area contributed by atoms with Gasteiger partial charge in [0.25, 0.3) is 0 Å². The van der Waals surface area contributed by atoms with E-state index in [0.29, 0.717) is 18.2 Å². The van der Waals surface area contributed by atoms with Crippen molar-refractivity contribution >= 4 is 17.4 Å². The fraction of sp³-hybridized carbons (Fsp3) is 0.556. The van der Waals surface area contributed by atoms with Gasteiger partial charge in [-0.05, 0) is 38.3 Å². The molecule has 0 spiro atoms. The van der Waals surface area contributed by atoms with Crippen molar-refractivity contribution in [3.8, 4) is 0 Å². The van der Waals surface area contributed by atoms with E-state index in [9.17, 15) is 4.79 Å². The summed E-state index contributed by atoms with van der Waals surface area (Å²) in [6.07, 6.45) is 6.25. The second kappa shape index (κ2) is 9.15. The lowest BCUT2D eigenvalue weighted by Crippen LogP contribution is -2.23. The van der Waals surface area contributed by atoms with Crippen LogP contribution in [-0.4, -0.2) is 23.5 Å². The van der Waals surface area contributed by atoms with E-state index in [1.54, 1.807) is 0 Å². The Kier molecular flexibility index (Phi) is 6.91. The maximum atomic E-state index is 12.0. The average molecular weight is 346 g/mol. The molecule has 2 rings (SSSR count). The number of aryl methyl sites for hydroxylation is 1. The molecule has 0 saturated heterocycles. The molecule has 1 aliphatic carbocycles. The third-order valence-corrected chi connectivity index (χ3v) is 4.73. The monoisotopic (exact) mass is 346 g/mol. The number of carbonyl (C=O) groups is 1. The summed E-state index contributed by atoms with van der Waals surface area (Å²) < 4.78 is 1.04. The van der Waals surface area contributed by atoms with Crippen LogP contribution in [0.1, 0.15) is 50.2 Å². The first kappa shape index (κ1) is 18.9. The quantitative estimate of drug-likeness (QED) is 0.278. The Hall–Kier alpha value is -2.44. The van der Waals surface area contributed by atoms with Gasteiger partial charge in [0.2, 0.25) is 0 Å². The summed E-state index contributed by atoms with van der Waals surface area (Å²) in [6, 6.07) is 5.27. The van der Waals surface area contributed by atoms with Gasteiger partial charge in [-0.1, -0.05) is 36.6 Å². The van der Waals surface area contributed by atoms with Crippen LogP contribution in [0.15, 0.2) is 28.6 Å². The molecule has 1 aromatic carbocycles. The summed E-state index contributed by atoms with van der Waals surface area (Å²) in [5.41, 5.74) is 3.64. The van der Waals surface area contributed by atoms with Crippen LogP contribution < -0.4 is 11.2 Å². The highest BCUT2D eigenvalue weighted by Crippen LogP contribution is 2.25. The first-order chi connectivity index (χ1) is 12.0. The average Bonchev–Trinajstić information content (AvgIpc) is 2.63. The number of hydrogen-bond acceptors (Lipinski definition) is 4. The summed E-state index contributed by atoms with van der Waals surface area (Å²) in [5.74, 6) is 5.66. The fourth-order valence-corrected chi connectivity index (χ4v) is 3.05. The molecule has 0 atom stereocenters. The van der Waals surface area contributed by atoms with Crippen LogP contribution in [0.2, 0.25) is 0 Å². The van der Waals surface area contributed by atoms with Crippen molar-refractivity contribution in [2.24, 2.45) is 22.1 Å². The summed E-state index contributed by atoms with van der Waals surface area (Å²) in [5, 5.41) is 10.4. The van der Waals surface area contributed by atoms with Crippen LogP contribution in [0.3, 0.4) is 0 Å². The minimum atomic E-state index is -0.406. The van der Waals surface area contributed by atoms with Crippen LogP contribution >= 0.6 is 0 Å². The molecule has 1 saturated carbocycles. The molecular formula is C18H28N5O2+. The lowest BCUT2D eigenvalue weighted by molar-refractivity contribution is -0.466. The van der Waals surface area contributed by atoms with E-state index in [4.69, 9.17) is 10.7 Å². The third kappa shape index (κ3) is 5.27. The second-order valence-corrected chi connectivity index (χ2v) is 6.51. The standard InChI is InChI=1S/C18H27N5O2/c1-13-8-7-11-17(20-18(24)23(3)22-19)16(13)12-25-21-14(2)15-9-5-4-6-10-15/h7-8,11,15,19H,4-6,9-10,12H2,1-3H3,(H,20,24)/p+1. The van der Waals surface area contributed by atoms with Crippen LogP contribution in [0.25, 0.3) is 0 Å². The van der Waals surface area contributed by atoms with E-state index in [2.05, 4.69) is 15.7 Å². The Morgan fingerprint density at radius 1 is 1.36 bits per heavy atom. The van der Waals surface area contributed by atoms with Crippen molar-refractivity contribution in [2.75, 3.05) is 12.4 Å². The number of carbonyl (C=O) groups excluding carboxylic acids is 1. The summed E-state index contributed by atoms with van der Waals surface area (Å²) >= 11 is 0. The predicted molar refractivity (Wildman–Crippen MR) is 97.5 cm³/mol. The topological polar surface area (TPSA) is 92.1 Å². The molecule has 25 heavy (non-hydrogen) atoms. The van der Waals surface area contributed by atoms with Crippen molar-refractivity contribution in [3.05, 3.63) is 29.3 Å². The Bertz CT molecular complexity index is 663. The van der Waals surface area contributed by atoms with Gasteiger partial charge in [0, 0.05) is 16.7 Å². The zero-order chi connectivity index (χ0) is 18.2. The molecule has 0 bridgehead atoms. The predicted octanol–water partition coefficient (Wildman–Crippen LogP) is 3.97. The van der Waals surface area contributed by atoms with Gasteiger partial charge >= 0.3 is 6.03 Å². The Balaban J connectivity index is 2.04. The molecule has 1 aliphatic rings. The van der Waals surface area contributed by atoms with Crippen LogP contribution in [0.4, 0.5) is 10.5 Å². The SMILES string of the molecule is CC(=NOCc1c(C)cccc1NC(=O)/[N+](C)=N\N)C1CCCCC1. The normalized spacial score (nSPS) is 16.6. The summed E-state index contributed by atoms with van der Waals surface area (Å²) in [7, 11) is 1.49. The van der Waals surface area contributed by atoms with Gasteiger partial charge in [-0.3, -0.25) is 0 Å². The van der Waals surface area contributed by atoms with Crippen molar-refractivity contribution in [3.63, 3.8) is 0 Å². The Morgan fingerprint density at radius 3 is 2.76 bits per heavy atom. The number of nitrogens with zero attached hydrogens (tertiary/aromatic N) is 3.